The highest BCUT2D eigenvalue weighted by atomic mass is 16.4. The molecule has 13 heavy (non-hydrogen) atoms. The second-order valence-electron chi connectivity index (χ2n) is 2.11. The summed E-state index contributed by atoms with van der Waals surface area (Å²) in [4.78, 5) is 24.2. The molecule has 1 N–H and O–H groups in total. The number of nitrogens with zero attached hydrogens (tertiary/aromatic N) is 1. The maximum atomic E-state index is 10.6. The summed E-state index contributed by atoms with van der Waals surface area (Å²) in [5.41, 5.74) is 0.284. The summed E-state index contributed by atoms with van der Waals surface area (Å²) in [6.07, 6.45) is 3.06. The van der Waals surface area contributed by atoms with Gasteiger partial charge in [0.2, 0.25) is 0 Å². The lowest BCUT2D eigenvalue weighted by Gasteiger charge is -1.95. The van der Waals surface area contributed by atoms with Gasteiger partial charge in [0.25, 0.3) is 0 Å². The molecular weight excluding hydrogens is 170 g/mol. The molecule has 0 saturated heterocycles. The molecule has 0 aliphatic carbocycles. The first-order valence-corrected chi connectivity index (χ1v) is 3.38. The summed E-state index contributed by atoms with van der Waals surface area (Å²) in [5.74, 6) is 3.42. The highest BCUT2D eigenvalue weighted by Gasteiger charge is 2.06. The fourth-order valence-electron chi connectivity index (χ4n) is 0.788. The van der Waals surface area contributed by atoms with E-state index in [0.29, 0.717) is 6.29 Å². The molecule has 1 heterocycles. The van der Waals surface area contributed by atoms with Gasteiger partial charge in [0.05, 0.1) is 11.1 Å². The van der Waals surface area contributed by atoms with Crippen LogP contribution in [0.2, 0.25) is 0 Å². The van der Waals surface area contributed by atoms with Crippen LogP contribution in [0.4, 0.5) is 0 Å². The summed E-state index contributed by atoms with van der Waals surface area (Å²) >= 11 is 0. The lowest BCUT2D eigenvalue weighted by molar-refractivity contribution is -0.103. The predicted molar refractivity (Wildman–Crippen MR) is 44.1 cm³/mol. The van der Waals surface area contributed by atoms with E-state index in [2.05, 4.69) is 16.8 Å². The largest absolute Gasteiger partial charge is 0.478 e. The third kappa shape index (κ3) is 2.14. The van der Waals surface area contributed by atoms with E-state index in [1.807, 2.05) is 0 Å². The SMILES string of the molecule is O=CC#Cc1cnccc1C(=O)O. The molecule has 0 amide bonds. The fraction of sp³-hybridized carbons (Fsp3) is 0. The first-order chi connectivity index (χ1) is 6.25. The average molecular weight is 175 g/mol. The van der Waals surface area contributed by atoms with Crippen LogP contribution >= 0.6 is 0 Å². The molecule has 0 spiro atoms. The molecule has 0 bridgehead atoms. The molecule has 1 aromatic heterocycles. The number of hydrogen-bond donors (Lipinski definition) is 1. The van der Waals surface area contributed by atoms with Crippen LogP contribution in [-0.4, -0.2) is 22.3 Å². The zero-order valence-electron chi connectivity index (χ0n) is 6.52. The molecule has 64 valence electrons. The smallest absolute Gasteiger partial charge is 0.337 e. The van der Waals surface area contributed by atoms with E-state index in [9.17, 15) is 9.59 Å². The molecular formula is C9H5NO3. The van der Waals surface area contributed by atoms with Gasteiger partial charge in [0.15, 0.2) is 6.29 Å². The number of carboxylic acid groups (broad SMARTS) is 1. The summed E-state index contributed by atoms with van der Waals surface area (Å²) in [5, 5.41) is 8.68. The molecule has 0 unspecified atom stereocenters. The number of aromatic nitrogens is 1. The van der Waals surface area contributed by atoms with Gasteiger partial charge in [-0.2, -0.15) is 0 Å². The maximum Gasteiger partial charge on any atom is 0.337 e. The number of carbonyl (C=O) groups is 2. The van der Waals surface area contributed by atoms with Gasteiger partial charge in [-0.25, -0.2) is 4.79 Å². The van der Waals surface area contributed by atoms with Gasteiger partial charge >= 0.3 is 5.97 Å². The van der Waals surface area contributed by atoms with Crippen molar-refractivity contribution in [3.8, 4) is 11.8 Å². The molecule has 0 saturated carbocycles. The van der Waals surface area contributed by atoms with Gasteiger partial charge in [-0.3, -0.25) is 9.78 Å². The standard InChI is InChI=1S/C9H5NO3/c11-5-1-2-7-6-10-4-3-8(7)9(12)13/h3-6H,(H,12,13). The highest BCUT2D eigenvalue weighted by molar-refractivity contribution is 5.91. The molecule has 0 atom stereocenters. The Balaban J connectivity index is 3.19. The minimum absolute atomic E-state index is 0.0457. The molecule has 0 aliphatic heterocycles. The van der Waals surface area contributed by atoms with Gasteiger partial charge in [0, 0.05) is 12.4 Å². The maximum absolute atomic E-state index is 10.6. The Morgan fingerprint density at radius 3 is 3.00 bits per heavy atom. The van der Waals surface area contributed by atoms with Crippen molar-refractivity contribution in [2.24, 2.45) is 0 Å². The van der Waals surface area contributed by atoms with Gasteiger partial charge in [-0.1, -0.05) is 5.92 Å². The van der Waals surface area contributed by atoms with Crippen LogP contribution in [0.3, 0.4) is 0 Å². The van der Waals surface area contributed by atoms with Crippen LogP contribution in [-0.2, 0) is 4.79 Å². The van der Waals surface area contributed by atoms with E-state index in [1.165, 1.54) is 18.5 Å². The monoisotopic (exact) mass is 175 g/mol. The van der Waals surface area contributed by atoms with Crippen LogP contribution in [0.5, 0.6) is 0 Å². The Labute approximate surface area is 74.2 Å². The summed E-state index contributed by atoms with van der Waals surface area (Å²) in [6.45, 7) is 0. The molecule has 1 rings (SSSR count). The minimum atomic E-state index is -1.09. The van der Waals surface area contributed by atoms with E-state index in [0.717, 1.165) is 0 Å². The Morgan fingerprint density at radius 2 is 2.38 bits per heavy atom. The third-order valence-electron chi connectivity index (χ3n) is 1.32. The number of carbonyl (C=O) groups excluding carboxylic acids is 1. The molecule has 0 aliphatic rings. The zero-order chi connectivity index (χ0) is 9.68. The molecule has 1 aromatic rings. The topological polar surface area (TPSA) is 67.3 Å². The summed E-state index contributed by atoms with van der Waals surface area (Å²) < 4.78 is 0. The van der Waals surface area contributed by atoms with Crippen molar-refractivity contribution in [2.45, 2.75) is 0 Å². The summed E-state index contributed by atoms with van der Waals surface area (Å²) in [7, 11) is 0. The third-order valence-corrected chi connectivity index (χ3v) is 1.32. The van der Waals surface area contributed by atoms with Crippen LogP contribution in [0.15, 0.2) is 18.5 Å². The Morgan fingerprint density at radius 1 is 1.62 bits per heavy atom. The Hall–Kier alpha value is -2.15. The normalized spacial score (nSPS) is 8.31. The molecule has 4 heteroatoms. The highest BCUT2D eigenvalue weighted by Crippen LogP contribution is 2.04. The van der Waals surface area contributed by atoms with Crippen molar-refractivity contribution in [3.05, 3.63) is 29.6 Å². The second-order valence-corrected chi connectivity index (χ2v) is 2.11. The van der Waals surface area contributed by atoms with Crippen LogP contribution in [0, 0.1) is 11.8 Å². The Bertz CT molecular complexity index is 401. The number of aromatic carboxylic acids is 1. The number of pyridine rings is 1. The second kappa shape index (κ2) is 4.02. The first-order valence-electron chi connectivity index (χ1n) is 3.38. The quantitative estimate of drug-likeness (QED) is 0.493. The van der Waals surface area contributed by atoms with E-state index in [-0.39, 0.29) is 11.1 Å². The van der Waals surface area contributed by atoms with Crippen molar-refractivity contribution in [3.63, 3.8) is 0 Å². The van der Waals surface area contributed by atoms with Gasteiger partial charge in [-0.05, 0) is 12.0 Å². The number of carboxylic acids is 1. The molecule has 0 fully saturated rings. The van der Waals surface area contributed by atoms with Gasteiger partial charge in [-0.15, -0.1) is 0 Å². The molecule has 0 radical (unpaired) electrons. The molecule has 0 aromatic carbocycles. The van der Waals surface area contributed by atoms with E-state index >= 15 is 0 Å². The van der Waals surface area contributed by atoms with Crippen LogP contribution in [0.1, 0.15) is 15.9 Å². The van der Waals surface area contributed by atoms with Gasteiger partial charge < -0.3 is 5.11 Å². The first kappa shape index (κ1) is 8.94. The van der Waals surface area contributed by atoms with Crippen molar-refractivity contribution in [2.75, 3.05) is 0 Å². The average Bonchev–Trinajstić information content (AvgIpc) is 2.15. The Kier molecular flexibility index (Phi) is 2.77. The van der Waals surface area contributed by atoms with E-state index < -0.39 is 5.97 Å². The van der Waals surface area contributed by atoms with Crippen molar-refractivity contribution in [1.82, 2.24) is 4.98 Å². The predicted octanol–water partition coefficient (Wildman–Crippen LogP) is 0.330. The summed E-state index contributed by atoms with van der Waals surface area (Å²) in [6, 6.07) is 1.33. The lowest BCUT2D eigenvalue weighted by Crippen LogP contribution is -2.00. The number of rotatable bonds is 1. The van der Waals surface area contributed by atoms with Crippen molar-refractivity contribution < 1.29 is 14.7 Å². The zero-order valence-corrected chi connectivity index (χ0v) is 6.52. The van der Waals surface area contributed by atoms with Crippen molar-refractivity contribution >= 4 is 12.3 Å². The fourth-order valence-corrected chi connectivity index (χ4v) is 0.788. The molecule has 4 nitrogen and oxygen atoms in total. The lowest BCUT2D eigenvalue weighted by atomic mass is 10.1. The van der Waals surface area contributed by atoms with Crippen molar-refractivity contribution in [1.29, 1.82) is 0 Å². The minimum Gasteiger partial charge on any atom is -0.478 e. The number of hydrogen-bond acceptors (Lipinski definition) is 3. The number of aldehydes is 1. The van der Waals surface area contributed by atoms with Gasteiger partial charge in [0.1, 0.15) is 0 Å². The van der Waals surface area contributed by atoms with E-state index in [1.54, 1.807) is 0 Å². The van der Waals surface area contributed by atoms with E-state index in [4.69, 9.17) is 5.11 Å². The van der Waals surface area contributed by atoms with Crippen LogP contribution < -0.4 is 0 Å². The van der Waals surface area contributed by atoms with Crippen LogP contribution in [0.25, 0.3) is 0 Å².